The minimum Gasteiger partial charge on any atom is -0.481 e. The highest BCUT2D eigenvalue weighted by Crippen LogP contribution is 2.26. The molecule has 0 radical (unpaired) electrons. The Balaban J connectivity index is 1.53. The molecule has 7 amide bonds. The fourth-order valence-corrected chi connectivity index (χ4v) is 11.0. The number of carboxylic acid groups (broad SMARTS) is 1. The summed E-state index contributed by atoms with van der Waals surface area (Å²) in [6.07, 6.45) is -12.7. The molecule has 41 heteroatoms. The van der Waals surface area contributed by atoms with Crippen molar-refractivity contribution in [2.45, 2.75) is 215 Å². The zero-order valence-corrected chi connectivity index (χ0v) is 64.2. The van der Waals surface area contributed by atoms with Crippen molar-refractivity contribution in [3.63, 3.8) is 0 Å². The van der Waals surface area contributed by atoms with Gasteiger partial charge in [-0.1, -0.05) is 0 Å². The molecule has 41 nitrogen and oxygen atoms in total. The third-order valence-electron chi connectivity index (χ3n) is 17.1. The molecule has 0 aromatic rings. The molecule has 0 saturated carbocycles. The zero-order chi connectivity index (χ0) is 81.3. The van der Waals surface area contributed by atoms with Gasteiger partial charge in [0.2, 0.25) is 41.4 Å². The van der Waals surface area contributed by atoms with Gasteiger partial charge in [-0.05, 0) is 79.1 Å². The zero-order valence-electron chi connectivity index (χ0n) is 64.2. The number of aliphatic carboxylic acids is 1. The van der Waals surface area contributed by atoms with Crippen LogP contribution in [0, 0.1) is 0 Å². The van der Waals surface area contributed by atoms with Gasteiger partial charge >= 0.3 is 5.97 Å². The number of unbranched alkanes of at least 4 members (excludes halogenated alkanes) is 2. The number of aliphatic hydroxyl groups is 9. The number of nitrogens with one attached hydrogen (secondary N) is 7. The summed E-state index contributed by atoms with van der Waals surface area (Å²) in [5.41, 5.74) is -1.69. The summed E-state index contributed by atoms with van der Waals surface area (Å²) in [6.45, 7) is 9.02. The molecule has 17 N–H and O–H groups in total. The maximum Gasteiger partial charge on any atom is 0.303 e. The van der Waals surface area contributed by atoms with Crippen molar-refractivity contribution < 1.29 is 165 Å². The maximum atomic E-state index is 14.4. The first-order valence-corrected chi connectivity index (χ1v) is 37.3. The first-order chi connectivity index (χ1) is 52.5. The summed E-state index contributed by atoms with van der Waals surface area (Å²) in [4.78, 5) is 102. The Morgan fingerprint density at radius 1 is 0.436 bits per heavy atom. The Morgan fingerprint density at radius 2 is 0.818 bits per heavy atom. The van der Waals surface area contributed by atoms with E-state index >= 15 is 0 Å². The number of carbonyl (C=O) groups is 8. The molecule has 3 rings (SSSR count). The molecule has 640 valence electrons. The van der Waals surface area contributed by atoms with Crippen LogP contribution in [0.3, 0.4) is 0 Å². The monoisotopic (exact) mass is 1600 g/mol. The second-order valence-corrected chi connectivity index (χ2v) is 27.4. The lowest BCUT2D eigenvalue weighted by Gasteiger charge is -2.42. The van der Waals surface area contributed by atoms with Gasteiger partial charge in [0.25, 0.3) is 0 Å². The normalized spacial score (nSPS) is 24.2. The Kier molecular flexibility index (Phi) is 51.2. The topological polar surface area (TPSA) is 571 Å². The van der Waals surface area contributed by atoms with Crippen LogP contribution < -0.4 is 37.2 Å². The number of hydrogen-bond acceptors (Lipinski definition) is 33. The Hall–Kier alpha value is -5.24. The number of carbonyl (C=O) groups excluding carboxylic acids is 7. The molecule has 0 unspecified atom stereocenters. The van der Waals surface area contributed by atoms with Crippen molar-refractivity contribution in [2.24, 2.45) is 0 Å². The molecule has 3 heterocycles. The average Bonchev–Trinajstić information content (AvgIpc) is 0.816. The van der Waals surface area contributed by atoms with Crippen molar-refractivity contribution >= 4 is 47.3 Å². The molecule has 16 atom stereocenters. The van der Waals surface area contributed by atoms with Gasteiger partial charge in [-0.25, -0.2) is 0 Å². The number of rotatable bonds is 63. The van der Waals surface area contributed by atoms with Gasteiger partial charge in [-0.2, -0.15) is 0 Å². The molecule has 0 bridgehead atoms. The van der Waals surface area contributed by atoms with Crippen LogP contribution in [0.4, 0.5) is 0 Å². The molecule has 0 spiro atoms. The lowest BCUT2D eigenvalue weighted by Crippen LogP contribution is -2.64. The fourth-order valence-electron chi connectivity index (χ4n) is 11.0. The Labute approximate surface area is 640 Å². The highest BCUT2D eigenvalue weighted by atomic mass is 16.7. The van der Waals surface area contributed by atoms with E-state index in [1.165, 1.54) is 13.8 Å². The van der Waals surface area contributed by atoms with Gasteiger partial charge in [0.15, 0.2) is 18.9 Å². The van der Waals surface area contributed by atoms with Gasteiger partial charge in [-0.3, -0.25) is 38.4 Å². The SMILES string of the molecule is CC(=O)N[C@H]1[C@H](OCCOCCOCCOCC(=O)NCCCC[C@H](NC(=O)COCCOCCOCCO[C@@H]2O[C@H](CO)[C@H](O)[C@H](O)[C@H]2NC(C)=O)C(=O)N[C@@H](CCCCNC(=O)COCCOCCOCCO[C@H]2C[C@@H](O)[C@@H](O)[C@@H](CO)O2)C(=O)NC(C)(C)CCOC(C)(C)CCC(=O)O)O[C@H](CO)[C@H](O)[C@@H]1O. The summed E-state index contributed by atoms with van der Waals surface area (Å²) < 4.78 is 88.8. The van der Waals surface area contributed by atoms with E-state index in [1.807, 2.05) is 0 Å². The van der Waals surface area contributed by atoms with Crippen LogP contribution in [0.15, 0.2) is 0 Å². The van der Waals surface area contributed by atoms with Gasteiger partial charge in [-0.15, -0.1) is 0 Å². The van der Waals surface area contributed by atoms with Crippen LogP contribution >= 0.6 is 0 Å². The number of aliphatic hydroxyl groups excluding tert-OH is 9. The van der Waals surface area contributed by atoms with E-state index in [-0.39, 0.29) is 184 Å². The van der Waals surface area contributed by atoms with Gasteiger partial charge in [0.05, 0.1) is 150 Å². The van der Waals surface area contributed by atoms with E-state index in [1.54, 1.807) is 27.7 Å². The van der Waals surface area contributed by atoms with Crippen molar-refractivity contribution in [2.75, 3.05) is 178 Å². The number of ether oxygens (including phenoxy) is 16. The molecule has 110 heavy (non-hydrogen) atoms. The molecular formula is C69H125N7O34. The first kappa shape index (κ1) is 99.0. The Morgan fingerprint density at radius 3 is 1.23 bits per heavy atom. The predicted molar refractivity (Wildman–Crippen MR) is 380 cm³/mol. The van der Waals surface area contributed by atoms with E-state index in [0.29, 0.717) is 32.1 Å². The summed E-state index contributed by atoms with van der Waals surface area (Å²) in [5, 5.41) is 118. The summed E-state index contributed by atoms with van der Waals surface area (Å²) in [7, 11) is 0. The molecular weight excluding hydrogens is 1470 g/mol. The van der Waals surface area contributed by atoms with Crippen molar-refractivity contribution in [1.82, 2.24) is 37.2 Å². The molecule has 3 aliphatic rings. The predicted octanol–water partition coefficient (Wildman–Crippen LogP) is -6.61. The first-order valence-electron chi connectivity index (χ1n) is 37.3. The van der Waals surface area contributed by atoms with Crippen molar-refractivity contribution in [1.29, 1.82) is 0 Å². The fraction of sp³-hybridized carbons (Fsp3) is 0.884. The molecule has 0 aromatic heterocycles. The number of hydrogen-bond donors (Lipinski definition) is 17. The van der Waals surface area contributed by atoms with Crippen LogP contribution in [0.5, 0.6) is 0 Å². The van der Waals surface area contributed by atoms with Crippen molar-refractivity contribution in [3.05, 3.63) is 0 Å². The third-order valence-corrected chi connectivity index (χ3v) is 17.1. The average molecular weight is 1600 g/mol. The Bertz CT molecular complexity index is 2580. The molecule has 3 aliphatic heterocycles. The quantitative estimate of drug-likeness (QED) is 0.0252. The van der Waals surface area contributed by atoms with E-state index in [2.05, 4.69) is 37.2 Å². The van der Waals surface area contributed by atoms with Gasteiger partial charge < -0.3 is 164 Å². The second kappa shape index (κ2) is 56.9. The standard InChI is InChI=1S/C69H125N7O34/c1-44(80)72-57-62(91)60(89)50(39-78)109-66(57)105-35-32-99-23-20-96-26-29-102-41-52(83)70-16-9-7-11-46(74-54(85)43-103-30-27-97-21-24-100-33-36-106-67-58(73-45(2)81)63(92)61(90)51(40-79)110-67)64(93)75-47(65(94)76-68(3,4)15-18-107-69(5,6)14-13-55(86)87)12-8-10-17-71-53(84)42-101-28-25-95-19-22-98-31-34-104-56-37-48(82)59(88)49(38-77)108-56/h46-51,56-63,66-67,77-79,82,88-92H,7-43H2,1-6H3,(H,70,83)(H,71,84)(H,72,80)(H,73,81)(H,74,85)(H,75,93)(H,76,94)(H,86,87)/t46-,47-,48+,49+,50+,51+,56+,57+,58+,59+,60-,61-,62+,63+,66+,67+/m0/s1. The molecule has 0 aromatic carbocycles. The smallest absolute Gasteiger partial charge is 0.303 e. The van der Waals surface area contributed by atoms with Crippen LogP contribution in [-0.2, 0) is 114 Å². The number of amides is 7. The maximum absolute atomic E-state index is 14.4. The molecule has 0 aliphatic carbocycles. The highest BCUT2D eigenvalue weighted by Gasteiger charge is 2.47. The van der Waals surface area contributed by atoms with E-state index in [4.69, 9.17) is 75.8 Å². The lowest BCUT2D eigenvalue weighted by atomic mass is 9.97. The molecule has 3 saturated heterocycles. The van der Waals surface area contributed by atoms with E-state index in [0.717, 1.165) is 0 Å². The highest BCUT2D eigenvalue weighted by molar-refractivity contribution is 5.92. The van der Waals surface area contributed by atoms with Crippen LogP contribution in [0.1, 0.15) is 106 Å². The second-order valence-electron chi connectivity index (χ2n) is 27.4. The van der Waals surface area contributed by atoms with E-state index in [9.17, 15) is 89.4 Å². The van der Waals surface area contributed by atoms with Crippen molar-refractivity contribution in [3.8, 4) is 0 Å². The van der Waals surface area contributed by atoms with Crippen LogP contribution in [0.2, 0.25) is 0 Å². The van der Waals surface area contributed by atoms with E-state index < -0.39 is 183 Å². The minimum atomic E-state index is -1.48. The summed E-state index contributed by atoms with van der Waals surface area (Å²) >= 11 is 0. The number of carboxylic acids is 1. The largest absolute Gasteiger partial charge is 0.481 e. The third kappa shape index (κ3) is 42.8. The summed E-state index contributed by atoms with van der Waals surface area (Å²) in [6, 6.07) is -4.59. The van der Waals surface area contributed by atoms with Crippen LogP contribution in [-0.4, -0.2) is 386 Å². The minimum absolute atomic E-state index is 0.0244. The van der Waals surface area contributed by atoms with Gasteiger partial charge in [0.1, 0.15) is 92.8 Å². The van der Waals surface area contributed by atoms with Crippen LogP contribution in [0.25, 0.3) is 0 Å². The van der Waals surface area contributed by atoms with Gasteiger partial charge in [0, 0.05) is 51.9 Å². The lowest BCUT2D eigenvalue weighted by molar-refractivity contribution is -0.272. The summed E-state index contributed by atoms with van der Waals surface area (Å²) in [5.74, 6) is -4.76. The molecule has 3 fully saturated rings.